The Labute approximate surface area is 107 Å². The lowest BCUT2D eigenvalue weighted by Gasteiger charge is -2.12. The van der Waals surface area contributed by atoms with E-state index in [4.69, 9.17) is 10.5 Å². The topological polar surface area (TPSA) is 47.3 Å². The monoisotopic (exact) mass is 268 g/mol. The third kappa shape index (κ3) is 2.57. The molecule has 0 aromatic heterocycles. The maximum atomic E-state index is 13.5. The van der Waals surface area contributed by atoms with Gasteiger partial charge < -0.3 is 15.8 Å². The van der Waals surface area contributed by atoms with Crippen LogP contribution in [-0.4, -0.2) is 7.11 Å². The quantitative estimate of drug-likeness (QED) is 0.838. The van der Waals surface area contributed by atoms with Gasteiger partial charge in [-0.3, -0.25) is 0 Å². The average molecular weight is 268 g/mol. The second-order valence-corrected chi connectivity index (χ2v) is 3.80. The van der Waals surface area contributed by atoms with E-state index in [0.29, 0.717) is 0 Å². The molecule has 19 heavy (non-hydrogen) atoms. The van der Waals surface area contributed by atoms with E-state index in [0.717, 1.165) is 12.1 Å². The Morgan fingerprint density at radius 1 is 1.05 bits per heavy atom. The van der Waals surface area contributed by atoms with Crippen molar-refractivity contribution in [3.05, 3.63) is 47.8 Å². The normalized spacial score (nSPS) is 10.3. The van der Waals surface area contributed by atoms with Gasteiger partial charge in [-0.2, -0.15) is 0 Å². The molecule has 0 aliphatic carbocycles. The zero-order valence-electron chi connectivity index (χ0n) is 10.0. The summed E-state index contributed by atoms with van der Waals surface area (Å²) >= 11 is 0. The molecule has 2 rings (SSSR count). The van der Waals surface area contributed by atoms with Crippen molar-refractivity contribution in [3.63, 3.8) is 0 Å². The first-order chi connectivity index (χ1) is 9.02. The number of nitrogens with one attached hydrogen (secondary N) is 1. The van der Waals surface area contributed by atoms with Crippen molar-refractivity contribution < 1.29 is 17.9 Å². The SMILES string of the molecule is COc1cc(Nc2cccc(F)c2F)c(N)cc1F. The molecule has 0 saturated heterocycles. The van der Waals surface area contributed by atoms with E-state index in [1.54, 1.807) is 0 Å². The molecule has 0 saturated carbocycles. The van der Waals surface area contributed by atoms with Gasteiger partial charge in [-0.1, -0.05) is 6.07 Å². The van der Waals surface area contributed by atoms with Crippen molar-refractivity contribution in [2.24, 2.45) is 0 Å². The molecule has 0 bridgehead atoms. The number of hydrogen-bond acceptors (Lipinski definition) is 3. The molecule has 0 radical (unpaired) electrons. The van der Waals surface area contributed by atoms with Crippen LogP contribution in [0.25, 0.3) is 0 Å². The molecule has 0 heterocycles. The van der Waals surface area contributed by atoms with E-state index in [-0.39, 0.29) is 22.8 Å². The minimum Gasteiger partial charge on any atom is -0.494 e. The van der Waals surface area contributed by atoms with Gasteiger partial charge in [0.15, 0.2) is 23.2 Å². The molecule has 100 valence electrons. The molecule has 3 nitrogen and oxygen atoms in total. The summed E-state index contributed by atoms with van der Waals surface area (Å²) in [5.41, 5.74) is 5.79. The summed E-state index contributed by atoms with van der Waals surface area (Å²) in [4.78, 5) is 0. The number of nitrogen functional groups attached to an aromatic ring is 1. The molecule has 0 fully saturated rings. The molecular weight excluding hydrogens is 257 g/mol. The largest absolute Gasteiger partial charge is 0.494 e. The first-order valence-electron chi connectivity index (χ1n) is 5.37. The van der Waals surface area contributed by atoms with Gasteiger partial charge in [-0.05, 0) is 12.1 Å². The number of nitrogens with two attached hydrogens (primary N) is 1. The standard InChI is InChI=1S/C13H11F3N2O/c1-19-12-6-11(9(17)5-8(12)15)18-10-4-2-3-7(14)13(10)16/h2-6,18H,17H2,1H3. The van der Waals surface area contributed by atoms with E-state index < -0.39 is 17.5 Å². The summed E-state index contributed by atoms with van der Waals surface area (Å²) in [6, 6.07) is 5.99. The maximum absolute atomic E-state index is 13.5. The first-order valence-corrected chi connectivity index (χ1v) is 5.37. The van der Waals surface area contributed by atoms with Gasteiger partial charge >= 0.3 is 0 Å². The van der Waals surface area contributed by atoms with Crippen LogP contribution in [0.15, 0.2) is 30.3 Å². The number of methoxy groups -OCH3 is 1. The predicted octanol–water partition coefficient (Wildman–Crippen LogP) is 3.44. The highest BCUT2D eigenvalue weighted by Crippen LogP contribution is 2.31. The van der Waals surface area contributed by atoms with Gasteiger partial charge in [0.25, 0.3) is 0 Å². The molecule has 2 aromatic rings. The fourth-order valence-corrected chi connectivity index (χ4v) is 1.58. The zero-order valence-corrected chi connectivity index (χ0v) is 10.0. The molecule has 0 amide bonds. The van der Waals surface area contributed by atoms with Crippen LogP contribution in [0.5, 0.6) is 5.75 Å². The van der Waals surface area contributed by atoms with Gasteiger partial charge in [0.2, 0.25) is 0 Å². The van der Waals surface area contributed by atoms with Crippen LogP contribution in [0.3, 0.4) is 0 Å². The van der Waals surface area contributed by atoms with Crippen molar-refractivity contribution >= 4 is 17.1 Å². The minimum absolute atomic E-state index is 0.0477. The van der Waals surface area contributed by atoms with Gasteiger partial charge in [-0.15, -0.1) is 0 Å². The second-order valence-electron chi connectivity index (χ2n) is 3.80. The summed E-state index contributed by atoms with van der Waals surface area (Å²) in [7, 11) is 1.29. The van der Waals surface area contributed by atoms with Crippen molar-refractivity contribution in [2.45, 2.75) is 0 Å². The lowest BCUT2D eigenvalue weighted by molar-refractivity contribution is 0.387. The van der Waals surface area contributed by atoms with Gasteiger partial charge in [0.1, 0.15) is 0 Å². The molecule has 0 aliphatic heterocycles. The molecule has 0 spiro atoms. The van der Waals surface area contributed by atoms with Crippen molar-refractivity contribution in [2.75, 3.05) is 18.2 Å². The van der Waals surface area contributed by atoms with Crippen molar-refractivity contribution in [1.82, 2.24) is 0 Å². The Balaban J connectivity index is 2.41. The predicted molar refractivity (Wildman–Crippen MR) is 67.0 cm³/mol. The third-order valence-corrected chi connectivity index (χ3v) is 2.54. The first kappa shape index (κ1) is 13.1. The van der Waals surface area contributed by atoms with Crippen LogP contribution in [-0.2, 0) is 0 Å². The fourth-order valence-electron chi connectivity index (χ4n) is 1.58. The van der Waals surface area contributed by atoms with E-state index in [1.807, 2.05) is 0 Å². The average Bonchev–Trinajstić information content (AvgIpc) is 2.38. The number of halogens is 3. The van der Waals surface area contributed by atoms with Gasteiger partial charge in [0, 0.05) is 12.1 Å². The maximum Gasteiger partial charge on any atom is 0.182 e. The summed E-state index contributed by atoms with van der Waals surface area (Å²) in [5, 5.41) is 2.60. The molecule has 3 N–H and O–H groups in total. The van der Waals surface area contributed by atoms with Crippen LogP contribution >= 0.6 is 0 Å². The number of benzene rings is 2. The third-order valence-electron chi connectivity index (χ3n) is 2.54. The van der Waals surface area contributed by atoms with Crippen LogP contribution in [0.1, 0.15) is 0 Å². The van der Waals surface area contributed by atoms with E-state index >= 15 is 0 Å². The second kappa shape index (κ2) is 5.09. The zero-order chi connectivity index (χ0) is 14.0. The lowest BCUT2D eigenvalue weighted by Crippen LogP contribution is -2.01. The highest BCUT2D eigenvalue weighted by Gasteiger charge is 2.12. The Hall–Kier alpha value is -2.37. The molecule has 0 atom stereocenters. The highest BCUT2D eigenvalue weighted by atomic mass is 19.2. The molecule has 0 unspecified atom stereocenters. The Bertz CT molecular complexity index is 617. The van der Waals surface area contributed by atoms with E-state index in [2.05, 4.69) is 5.32 Å². The smallest absolute Gasteiger partial charge is 0.182 e. The summed E-state index contributed by atoms with van der Waals surface area (Å²) < 4.78 is 44.7. The number of ether oxygens (including phenoxy) is 1. The van der Waals surface area contributed by atoms with E-state index in [1.165, 1.54) is 25.3 Å². The van der Waals surface area contributed by atoms with Gasteiger partial charge in [0.05, 0.1) is 24.2 Å². The molecular formula is C13H11F3N2O. The van der Waals surface area contributed by atoms with Crippen LogP contribution < -0.4 is 15.8 Å². The molecule has 6 heteroatoms. The number of anilines is 3. The van der Waals surface area contributed by atoms with Crippen LogP contribution in [0, 0.1) is 17.5 Å². The number of rotatable bonds is 3. The molecule has 0 aliphatic rings. The minimum atomic E-state index is -1.04. The fraction of sp³-hybridized carbons (Fsp3) is 0.0769. The van der Waals surface area contributed by atoms with Crippen molar-refractivity contribution in [3.8, 4) is 5.75 Å². The molecule has 2 aromatic carbocycles. The summed E-state index contributed by atoms with van der Waals surface area (Å²) in [6.45, 7) is 0. The van der Waals surface area contributed by atoms with Crippen LogP contribution in [0.2, 0.25) is 0 Å². The number of hydrogen-bond donors (Lipinski definition) is 2. The van der Waals surface area contributed by atoms with Gasteiger partial charge in [-0.25, -0.2) is 13.2 Å². The Morgan fingerprint density at radius 2 is 1.79 bits per heavy atom. The highest BCUT2D eigenvalue weighted by molar-refractivity contribution is 5.74. The lowest BCUT2D eigenvalue weighted by atomic mass is 10.2. The van der Waals surface area contributed by atoms with Crippen LogP contribution in [0.4, 0.5) is 30.2 Å². The Kier molecular flexibility index (Phi) is 3.50. The Morgan fingerprint density at radius 3 is 2.47 bits per heavy atom. The summed E-state index contributed by atoms with van der Waals surface area (Å²) in [5.74, 6) is -2.71. The van der Waals surface area contributed by atoms with E-state index in [9.17, 15) is 13.2 Å². The van der Waals surface area contributed by atoms with Crippen molar-refractivity contribution in [1.29, 1.82) is 0 Å². The summed E-state index contributed by atoms with van der Waals surface area (Å²) in [6.07, 6.45) is 0.